The lowest BCUT2D eigenvalue weighted by molar-refractivity contribution is -0.117. The van der Waals surface area contributed by atoms with Gasteiger partial charge < -0.3 is 5.32 Å². The number of benzene rings is 2. The molecule has 0 aromatic heterocycles. The van der Waals surface area contributed by atoms with Crippen molar-refractivity contribution in [2.75, 3.05) is 18.9 Å². The molecule has 4 heteroatoms. The van der Waals surface area contributed by atoms with Crippen molar-refractivity contribution in [3.63, 3.8) is 0 Å². The number of carbonyl (C=O) groups excluding carboxylic acids is 1. The molecule has 0 bridgehead atoms. The standard InChI is InChI=1S/C18H19ClN2O/c1-21-11-10-13-4-2-3-5-16(13)17(21)12-18(22)20-15-8-6-14(19)7-9-15/h2-9,17H,10-12H2,1H3,(H,20,22). The van der Waals surface area contributed by atoms with E-state index in [9.17, 15) is 4.79 Å². The van der Waals surface area contributed by atoms with E-state index in [1.165, 1.54) is 11.1 Å². The van der Waals surface area contributed by atoms with Crippen LogP contribution in [-0.4, -0.2) is 24.4 Å². The van der Waals surface area contributed by atoms with Crippen LogP contribution in [0.5, 0.6) is 0 Å². The van der Waals surface area contributed by atoms with Crippen LogP contribution >= 0.6 is 11.6 Å². The Morgan fingerprint density at radius 2 is 1.95 bits per heavy atom. The molecule has 1 aliphatic rings. The van der Waals surface area contributed by atoms with Gasteiger partial charge in [-0.25, -0.2) is 0 Å². The van der Waals surface area contributed by atoms with E-state index >= 15 is 0 Å². The first-order valence-electron chi connectivity index (χ1n) is 7.47. The van der Waals surface area contributed by atoms with Crippen LogP contribution in [0.1, 0.15) is 23.6 Å². The molecule has 0 spiro atoms. The summed E-state index contributed by atoms with van der Waals surface area (Å²) in [6, 6.07) is 15.7. The Kier molecular flexibility index (Phi) is 4.46. The van der Waals surface area contributed by atoms with Crippen LogP contribution in [0, 0.1) is 0 Å². The van der Waals surface area contributed by atoms with Crippen LogP contribution in [-0.2, 0) is 11.2 Å². The minimum absolute atomic E-state index is 0.0240. The maximum absolute atomic E-state index is 12.4. The van der Waals surface area contributed by atoms with Crippen LogP contribution in [0.15, 0.2) is 48.5 Å². The van der Waals surface area contributed by atoms with Gasteiger partial charge in [0.1, 0.15) is 0 Å². The summed E-state index contributed by atoms with van der Waals surface area (Å²) in [4.78, 5) is 14.6. The second-order valence-corrected chi connectivity index (χ2v) is 6.14. The molecule has 0 aliphatic carbocycles. The Labute approximate surface area is 135 Å². The molecular formula is C18H19ClN2O. The van der Waals surface area contributed by atoms with Gasteiger partial charge in [0.2, 0.25) is 5.91 Å². The van der Waals surface area contributed by atoms with Crippen LogP contribution < -0.4 is 5.32 Å². The van der Waals surface area contributed by atoms with Crippen molar-refractivity contribution >= 4 is 23.2 Å². The third-order valence-electron chi connectivity index (χ3n) is 4.19. The molecule has 0 saturated carbocycles. The zero-order chi connectivity index (χ0) is 15.5. The van der Waals surface area contributed by atoms with E-state index in [0.717, 1.165) is 18.7 Å². The van der Waals surface area contributed by atoms with Crippen molar-refractivity contribution in [1.82, 2.24) is 4.90 Å². The largest absolute Gasteiger partial charge is 0.326 e. The summed E-state index contributed by atoms with van der Waals surface area (Å²) in [6.07, 6.45) is 1.50. The second kappa shape index (κ2) is 6.51. The molecule has 114 valence electrons. The fraction of sp³-hybridized carbons (Fsp3) is 0.278. The van der Waals surface area contributed by atoms with E-state index < -0.39 is 0 Å². The maximum Gasteiger partial charge on any atom is 0.226 e. The molecule has 3 nitrogen and oxygen atoms in total. The van der Waals surface area contributed by atoms with Crippen molar-refractivity contribution in [2.24, 2.45) is 0 Å². The highest BCUT2D eigenvalue weighted by Gasteiger charge is 2.26. The third-order valence-corrected chi connectivity index (χ3v) is 4.44. The van der Waals surface area contributed by atoms with Gasteiger partial charge in [0, 0.05) is 29.7 Å². The van der Waals surface area contributed by atoms with E-state index in [0.29, 0.717) is 11.4 Å². The van der Waals surface area contributed by atoms with Crippen LogP contribution in [0.2, 0.25) is 5.02 Å². The number of halogens is 1. The van der Waals surface area contributed by atoms with Gasteiger partial charge in [0.05, 0.1) is 0 Å². The molecule has 1 unspecified atom stereocenters. The normalized spacial score (nSPS) is 17.8. The Morgan fingerprint density at radius 1 is 1.23 bits per heavy atom. The number of likely N-dealkylation sites (N-methyl/N-ethyl adjacent to an activating group) is 1. The molecule has 22 heavy (non-hydrogen) atoms. The maximum atomic E-state index is 12.4. The van der Waals surface area contributed by atoms with Crippen LogP contribution in [0.25, 0.3) is 0 Å². The summed E-state index contributed by atoms with van der Waals surface area (Å²) < 4.78 is 0. The summed E-state index contributed by atoms with van der Waals surface area (Å²) >= 11 is 5.86. The van der Waals surface area contributed by atoms with E-state index in [1.807, 2.05) is 18.2 Å². The average molecular weight is 315 g/mol. The quantitative estimate of drug-likeness (QED) is 0.932. The number of hydrogen-bond donors (Lipinski definition) is 1. The predicted molar refractivity (Wildman–Crippen MR) is 90.2 cm³/mol. The van der Waals surface area contributed by atoms with Gasteiger partial charge in [0.25, 0.3) is 0 Å². The smallest absolute Gasteiger partial charge is 0.226 e. The Balaban J connectivity index is 1.72. The first-order chi connectivity index (χ1) is 10.6. The summed E-state index contributed by atoms with van der Waals surface area (Å²) in [7, 11) is 2.08. The first kappa shape index (κ1) is 15.1. The summed E-state index contributed by atoms with van der Waals surface area (Å²) in [5.41, 5.74) is 3.40. The fourth-order valence-electron chi connectivity index (χ4n) is 2.96. The molecular weight excluding hydrogens is 296 g/mol. The molecule has 1 aliphatic heterocycles. The number of amides is 1. The molecule has 1 amide bonds. The number of nitrogens with one attached hydrogen (secondary N) is 1. The molecule has 1 N–H and O–H groups in total. The summed E-state index contributed by atoms with van der Waals surface area (Å²) in [5, 5.41) is 3.61. The lowest BCUT2D eigenvalue weighted by Gasteiger charge is -2.34. The van der Waals surface area contributed by atoms with Gasteiger partial charge in [-0.05, 0) is 48.9 Å². The van der Waals surface area contributed by atoms with E-state index in [1.54, 1.807) is 12.1 Å². The second-order valence-electron chi connectivity index (χ2n) is 5.70. The first-order valence-corrected chi connectivity index (χ1v) is 7.85. The van der Waals surface area contributed by atoms with Gasteiger partial charge in [-0.1, -0.05) is 35.9 Å². The number of nitrogens with zero attached hydrogens (tertiary/aromatic N) is 1. The van der Waals surface area contributed by atoms with Gasteiger partial charge >= 0.3 is 0 Å². The number of rotatable bonds is 3. The Bertz CT molecular complexity index is 669. The number of fused-ring (bicyclic) bond motifs is 1. The SMILES string of the molecule is CN1CCc2ccccc2C1CC(=O)Nc1ccc(Cl)cc1. The molecule has 0 radical (unpaired) electrons. The number of hydrogen-bond acceptors (Lipinski definition) is 2. The molecule has 0 saturated heterocycles. The topological polar surface area (TPSA) is 32.3 Å². The van der Waals surface area contributed by atoms with Crippen LogP contribution in [0.3, 0.4) is 0 Å². The minimum atomic E-state index is 0.0240. The highest BCUT2D eigenvalue weighted by molar-refractivity contribution is 6.30. The van der Waals surface area contributed by atoms with Gasteiger partial charge in [-0.3, -0.25) is 9.69 Å². The van der Waals surface area contributed by atoms with Crippen molar-refractivity contribution in [2.45, 2.75) is 18.9 Å². The van der Waals surface area contributed by atoms with Gasteiger partial charge in [-0.15, -0.1) is 0 Å². The van der Waals surface area contributed by atoms with E-state index in [2.05, 4.69) is 35.5 Å². The monoisotopic (exact) mass is 314 g/mol. The fourth-order valence-corrected chi connectivity index (χ4v) is 3.09. The zero-order valence-corrected chi connectivity index (χ0v) is 13.3. The summed E-state index contributed by atoms with van der Waals surface area (Å²) in [6.45, 7) is 0.982. The van der Waals surface area contributed by atoms with Crippen molar-refractivity contribution in [3.8, 4) is 0 Å². The molecule has 2 aromatic rings. The highest BCUT2D eigenvalue weighted by Crippen LogP contribution is 2.31. The van der Waals surface area contributed by atoms with Gasteiger partial charge in [0.15, 0.2) is 0 Å². The molecule has 3 rings (SSSR count). The van der Waals surface area contributed by atoms with Crippen molar-refractivity contribution in [1.29, 1.82) is 0 Å². The molecule has 1 atom stereocenters. The number of carbonyl (C=O) groups is 1. The summed E-state index contributed by atoms with van der Waals surface area (Å²) in [5.74, 6) is 0.0240. The predicted octanol–water partition coefficient (Wildman–Crippen LogP) is 3.90. The average Bonchev–Trinajstić information content (AvgIpc) is 2.52. The third kappa shape index (κ3) is 3.32. The van der Waals surface area contributed by atoms with Crippen LogP contribution in [0.4, 0.5) is 5.69 Å². The van der Waals surface area contributed by atoms with E-state index in [-0.39, 0.29) is 11.9 Å². The van der Waals surface area contributed by atoms with Gasteiger partial charge in [-0.2, -0.15) is 0 Å². The molecule has 2 aromatic carbocycles. The molecule has 1 heterocycles. The Morgan fingerprint density at radius 3 is 2.73 bits per heavy atom. The minimum Gasteiger partial charge on any atom is -0.326 e. The van der Waals surface area contributed by atoms with Crippen molar-refractivity contribution in [3.05, 3.63) is 64.7 Å². The lowest BCUT2D eigenvalue weighted by Crippen LogP contribution is -2.34. The Hall–Kier alpha value is -1.84. The number of anilines is 1. The highest BCUT2D eigenvalue weighted by atomic mass is 35.5. The van der Waals surface area contributed by atoms with E-state index in [4.69, 9.17) is 11.6 Å². The molecule has 0 fully saturated rings. The van der Waals surface area contributed by atoms with Crippen molar-refractivity contribution < 1.29 is 4.79 Å². The zero-order valence-electron chi connectivity index (χ0n) is 12.6. The lowest BCUT2D eigenvalue weighted by atomic mass is 9.91.